The number of fused-ring (bicyclic) bond motifs is 1. The summed E-state index contributed by atoms with van der Waals surface area (Å²) in [5.74, 6) is -23.7. The molecule has 0 saturated heterocycles. The molecule has 14 unspecified atom stereocenters. The molecule has 11 saturated carbocycles. The predicted octanol–water partition coefficient (Wildman–Crippen LogP) is 30.6. The van der Waals surface area contributed by atoms with E-state index in [0.29, 0.717) is 43.9 Å². The molecule has 0 heterocycles. The van der Waals surface area contributed by atoms with Crippen molar-refractivity contribution in [3.8, 4) is 0 Å². The first-order valence-corrected chi connectivity index (χ1v) is 37.8. The lowest BCUT2D eigenvalue weighted by Crippen LogP contribution is -2.56. The van der Waals surface area contributed by atoms with Gasteiger partial charge < -0.3 is 0 Å². The largest absolute Gasteiger partial charge is 0.394 e. The smallest absolute Gasteiger partial charge is 0.247 e. The molecule has 2 bridgehead atoms. The molecule has 0 aromatic carbocycles. The van der Waals surface area contributed by atoms with Gasteiger partial charge in [-0.25, -0.2) is 30.7 Å². The van der Waals surface area contributed by atoms with Crippen LogP contribution >= 0.6 is 0 Å². The van der Waals surface area contributed by atoms with Crippen molar-refractivity contribution in [2.75, 3.05) is 0 Å². The maximum atomic E-state index is 13.0. The van der Waals surface area contributed by atoms with E-state index in [1.165, 1.54) is 60.3 Å². The highest BCUT2D eigenvalue weighted by Gasteiger charge is 2.88. The minimum Gasteiger partial charge on any atom is -0.247 e. The molecule has 11 aliphatic carbocycles. The van der Waals surface area contributed by atoms with Crippen molar-refractivity contribution < 1.29 is 127 Å². The third-order valence-corrected chi connectivity index (χ3v) is 26.0. The summed E-state index contributed by atoms with van der Waals surface area (Å²) in [6.07, 6.45) is -13.4. The van der Waals surface area contributed by atoms with Gasteiger partial charge in [0.15, 0.2) is 0 Å². The van der Waals surface area contributed by atoms with Gasteiger partial charge in [0.05, 0.1) is 40.4 Å². The molecule has 29 heteroatoms. The molecule has 0 nitrogen and oxygen atoms in total. The normalized spacial score (nSPS) is 42.4. The summed E-state index contributed by atoms with van der Waals surface area (Å²) >= 11 is 0. The van der Waals surface area contributed by atoms with E-state index in [0.717, 1.165) is 88.4 Å². The van der Waals surface area contributed by atoms with Crippen molar-refractivity contribution >= 4 is 0 Å². The average Bonchev–Trinajstić information content (AvgIpc) is 1.53. The van der Waals surface area contributed by atoms with E-state index in [1.54, 1.807) is 20.8 Å². The molecule has 636 valence electrons. The highest BCUT2D eigenvalue weighted by atomic mass is 19.4. The molecule has 106 heavy (non-hydrogen) atoms. The summed E-state index contributed by atoms with van der Waals surface area (Å²) in [5, 5.41) is 0. The Morgan fingerprint density at radius 3 is 0.934 bits per heavy atom. The Hall–Kier alpha value is -2.03. The number of hydrogen-bond acceptors (Lipinski definition) is 0. The van der Waals surface area contributed by atoms with Crippen molar-refractivity contribution in [2.45, 2.75) is 358 Å². The van der Waals surface area contributed by atoms with Crippen LogP contribution in [0.2, 0.25) is 0 Å². The third kappa shape index (κ3) is 26.0. The Morgan fingerprint density at radius 2 is 0.679 bits per heavy atom. The summed E-state index contributed by atoms with van der Waals surface area (Å²) in [6, 6.07) is 0. The first-order chi connectivity index (χ1) is 46.9. The Morgan fingerprint density at radius 1 is 0.311 bits per heavy atom. The maximum Gasteiger partial charge on any atom is 0.394 e. The summed E-state index contributed by atoms with van der Waals surface area (Å²) in [6.45, 7) is 28.5. The predicted molar refractivity (Wildman–Crippen MR) is 359 cm³/mol. The molecule has 0 aromatic rings. The average molecular weight is 1600 g/mol. The van der Waals surface area contributed by atoms with Crippen LogP contribution in [0.5, 0.6) is 0 Å². The van der Waals surface area contributed by atoms with Crippen LogP contribution in [0.25, 0.3) is 0 Å². The van der Waals surface area contributed by atoms with Gasteiger partial charge in [0.1, 0.15) is 24.2 Å². The minimum absolute atomic E-state index is 0. The van der Waals surface area contributed by atoms with E-state index in [1.807, 2.05) is 34.6 Å². The van der Waals surface area contributed by atoms with E-state index >= 15 is 0 Å². The second-order valence-corrected chi connectivity index (χ2v) is 35.1. The SMILES string of the molecule is C.CC1C(F)C(F)[C@@H](C)C1F.CC1CC(C(F)(F)F)C[C@@H](C)C1.CC1CCC(C)(C(F)(F)F)CC1.CC1CCC(C)(F)CC1.CC1CCC(C)CC1.CC1CCCC(C(F)(F)F)[C@@H]1C.CC1C[C@H](C)CC(C(F)(F)F)C1C(F)(F)F.CC1[C@H]2CC[C@@H]1C2(C)C(F)(F)F.C[C@H]1C(F)(F)C(C)(F)C(F)(F)C1(F)F. The molecule has 0 aliphatic heterocycles. The third-order valence-electron chi connectivity index (χ3n) is 26.0. The standard InChI is InChI=1S/C10H14F6.C9H13F3.3C9H15F3.C8H15F.C8H16.C7H7F7.C7H11F3.CH4/c1-5-3-6(2)8(10(14,15)16)7(4-5)9(11,12)13;1-5-6-3-4-7(5)8(6,2)9(10,11)12;1-6-3-7(2)5-8(4-6)9(10,11)12;1-7-3-5-8(2,6-4-7)9(10,11)12;1-6-4-3-5-8(7(6)2)9(10,11)12;1-7-3-5-8(2,9)6-4-7;1-7-3-5-8(2)6-4-7;1-3-5(9,10)4(2,8)7(13,14)6(3,11)12;1-3-5(8)4(2)7(10)6(3)9;/h5-8H,3-4H2,1-2H3;5-7H,3-4H2,1-2H3;6-8H,3-5H2,1-2H3;7H,3-6H2,1-2H3;6-8H,3-5H2,1-2H3;7H,3-6H2,1-2H3;7-8H,3-6H2,1-2H3;3H,1-2H3;3-7H,1-2H3;1H4/t5-,6?,7?,8?;5?,6-,7+,8?;6-,7?,8?;;6?,7-,8?;;;3-,4?;3-,4?,5?,6?,7?;/m0.0.1..00./s1. The molecule has 11 aliphatic rings. The lowest BCUT2D eigenvalue weighted by Gasteiger charge is -2.53. The van der Waals surface area contributed by atoms with Gasteiger partial charge in [0.25, 0.3) is 5.92 Å². The summed E-state index contributed by atoms with van der Waals surface area (Å²) < 4.78 is 365. The fourth-order valence-corrected chi connectivity index (χ4v) is 17.7. The summed E-state index contributed by atoms with van der Waals surface area (Å²) in [7, 11) is 0. The Labute approximate surface area is 612 Å². The van der Waals surface area contributed by atoms with Crippen LogP contribution in [0.15, 0.2) is 0 Å². The van der Waals surface area contributed by atoms with Crippen LogP contribution in [0, 0.1) is 129 Å². The van der Waals surface area contributed by atoms with Crippen molar-refractivity contribution in [3.63, 3.8) is 0 Å². The zero-order valence-electron chi connectivity index (χ0n) is 64.3. The van der Waals surface area contributed by atoms with Crippen LogP contribution in [0.3, 0.4) is 0 Å². The van der Waals surface area contributed by atoms with Crippen molar-refractivity contribution in [3.05, 3.63) is 0 Å². The van der Waals surface area contributed by atoms with Gasteiger partial charge in [0.2, 0.25) is 5.67 Å². The van der Waals surface area contributed by atoms with Gasteiger partial charge in [-0.1, -0.05) is 157 Å². The Kier molecular flexibility index (Phi) is 36.9. The van der Waals surface area contributed by atoms with Crippen LogP contribution in [0.4, 0.5) is 127 Å². The molecule has 0 radical (unpaired) electrons. The monoisotopic (exact) mass is 1600 g/mol. The number of hydrogen-bond donors (Lipinski definition) is 0. The second kappa shape index (κ2) is 38.4. The number of halogens is 29. The van der Waals surface area contributed by atoms with Gasteiger partial charge in [-0.05, 0) is 194 Å². The molecule has 0 aromatic heterocycles. The van der Waals surface area contributed by atoms with Gasteiger partial charge in [-0.2, -0.15) is 96.6 Å². The lowest BCUT2D eigenvalue weighted by molar-refractivity contribution is -0.291. The lowest BCUT2D eigenvalue weighted by atomic mass is 9.53. The van der Waals surface area contributed by atoms with E-state index in [2.05, 4.69) is 20.8 Å². The Balaban J connectivity index is 0.000000599. The molecule has 0 N–H and O–H groups in total. The maximum absolute atomic E-state index is 13.0. The molecule has 21 atom stereocenters. The van der Waals surface area contributed by atoms with Crippen LogP contribution in [0.1, 0.15) is 273 Å². The second-order valence-electron chi connectivity index (χ2n) is 35.1. The first-order valence-electron chi connectivity index (χ1n) is 37.8. The van der Waals surface area contributed by atoms with Gasteiger partial charge >= 0.3 is 48.9 Å². The molecule has 11 fully saturated rings. The zero-order valence-corrected chi connectivity index (χ0v) is 64.3. The van der Waals surface area contributed by atoms with Crippen molar-refractivity contribution in [2.24, 2.45) is 129 Å². The molecule has 11 rings (SSSR count). The highest BCUT2D eigenvalue weighted by molar-refractivity contribution is 5.19. The van der Waals surface area contributed by atoms with E-state index in [4.69, 9.17) is 0 Å². The molecule has 0 spiro atoms. The Bertz CT molecular complexity index is 2380. The van der Waals surface area contributed by atoms with Gasteiger partial charge in [-0.15, -0.1) is 0 Å². The number of rotatable bonds is 0. The quantitative estimate of drug-likeness (QED) is 0.212. The summed E-state index contributed by atoms with van der Waals surface area (Å²) in [5.41, 5.74) is -8.11. The molecular formula is C77H125F29. The number of alkyl halides is 29. The van der Waals surface area contributed by atoms with E-state index in [-0.39, 0.29) is 69.1 Å². The van der Waals surface area contributed by atoms with Crippen molar-refractivity contribution in [1.82, 2.24) is 0 Å². The van der Waals surface area contributed by atoms with E-state index < -0.39 is 149 Å². The fourth-order valence-electron chi connectivity index (χ4n) is 17.7. The topological polar surface area (TPSA) is 0 Å². The van der Waals surface area contributed by atoms with E-state index in [9.17, 15) is 127 Å². The highest BCUT2D eigenvalue weighted by Crippen LogP contribution is 2.71. The van der Waals surface area contributed by atoms with Crippen LogP contribution in [-0.2, 0) is 0 Å². The summed E-state index contributed by atoms with van der Waals surface area (Å²) in [4.78, 5) is 0. The minimum atomic E-state index is -5.36. The van der Waals surface area contributed by atoms with Crippen LogP contribution in [-0.4, -0.2) is 84.7 Å². The van der Waals surface area contributed by atoms with Crippen LogP contribution < -0.4 is 0 Å². The van der Waals surface area contributed by atoms with Crippen molar-refractivity contribution in [1.29, 1.82) is 0 Å². The van der Waals surface area contributed by atoms with Gasteiger partial charge in [-0.3, -0.25) is 0 Å². The molecular weight excluding hydrogens is 1480 g/mol. The zero-order chi connectivity index (χ0) is 82.3. The fraction of sp³-hybridized carbons (Fsp3) is 1.00. The molecule has 0 amide bonds. The van der Waals surface area contributed by atoms with Gasteiger partial charge in [0, 0.05) is 11.8 Å². The first kappa shape index (κ1) is 102.